The maximum Gasteiger partial charge on any atom is 0.0749 e. The van der Waals surface area contributed by atoms with E-state index in [0.717, 1.165) is 6.42 Å². The smallest absolute Gasteiger partial charge is 0.0749 e. The average Bonchev–Trinajstić information content (AvgIpc) is 2.25. The van der Waals surface area contributed by atoms with Gasteiger partial charge in [-0.05, 0) is 25.2 Å². The molecule has 1 atom stereocenters. The monoisotopic (exact) mass is 196 g/mol. The summed E-state index contributed by atoms with van der Waals surface area (Å²) >= 11 is 0. The van der Waals surface area contributed by atoms with Crippen LogP contribution in [0, 0.1) is 5.92 Å². The second-order valence-electron chi connectivity index (χ2n) is 4.46. The molecule has 0 aliphatic heterocycles. The fourth-order valence-electron chi connectivity index (χ4n) is 2.19. The standard InChI is InChI=1S/C13H24O/c1-2-3-4-8-11-13(14)12-9-6-5-7-10-12/h8,11-14H,2-7,9-10H2,1H3/b11-8+. The first-order valence-electron chi connectivity index (χ1n) is 6.19. The summed E-state index contributed by atoms with van der Waals surface area (Å²) in [6.45, 7) is 2.20. The zero-order valence-electron chi connectivity index (χ0n) is 9.41. The molecule has 1 saturated carbocycles. The molecule has 0 aromatic rings. The number of aliphatic hydroxyl groups is 1. The van der Waals surface area contributed by atoms with Gasteiger partial charge in [0.25, 0.3) is 0 Å². The van der Waals surface area contributed by atoms with Gasteiger partial charge < -0.3 is 5.11 Å². The molecule has 0 spiro atoms. The Balaban J connectivity index is 2.18. The number of aliphatic hydroxyl groups excluding tert-OH is 1. The highest BCUT2D eigenvalue weighted by Crippen LogP contribution is 2.26. The summed E-state index contributed by atoms with van der Waals surface area (Å²) in [7, 11) is 0. The first-order chi connectivity index (χ1) is 6.84. The van der Waals surface area contributed by atoms with Gasteiger partial charge in [-0.15, -0.1) is 0 Å². The van der Waals surface area contributed by atoms with Gasteiger partial charge in [-0.3, -0.25) is 0 Å². The van der Waals surface area contributed by atoms with Gasteiger partial charge >= 0.3 is 0 Å². The summed E-state index contributed by atoms with van der Waals surface area (Å²) in [5.41, 5.74) is 0. The van der Waals surface area contributed by atoms with Crippen LogP contribution < -0.4 is 0 Å². The third kappa shape index (κ3) is 4.28. The first-order valence-corrected chi connectivity index (χ1v) is 6.19. The van der Waals surface area contributed by atoms with Crippen molar-refractivity contribution in [2.75, 3.05) is 0 Å². The lowest BCUT2D eigenvalue weighted by Crippen LogP contribution is -2.20. The van der Waals surface area contributed by atoms with Gasteiger partial charge in [-0.25, -0.2) is 0 Å². The maximum absolute atomic E-state index is 9.89. The Morgan fingerprint density at radius 1 is 1.29 bits per heavy atom. The molecular weight excluding hydrogens is 172 g/mol. The van der Waals surface area contributed by atoms with Crippen molar-refractivity contribution in [2.24, 2.45) is 5.92 Å². The normalized spacial score (nSPS) is 21.6. The van der Waals surface area contributed by atoms with E-state index in [1.54, 1.807) is 0 Å². The van der Waals surface area contributed by atoms with Gasteiger partial charge in [-0.2, -0.15) is 0 Å². The molecule has 1 aliphatic rings. The predicted octanol–water partition coefficient (Wildman–Crippen LogP) is 3.67. The van der Waals surface area contributed by atoms with Gasteiger partial charge in [-0.1, -0.05) is 51.2 Å². The third-order valence-corrected chi connectivity index (χ3v) is 3.19. The van der Waals surface area contributed by atoms with Crippen molar-refractivity contribution in [3.05, 3.63) is 12.2 Å². The second kappa shape index (κ2) is 7.05. The van der Waals surface area contributed by atoms with Crippen LogP contribution in [0.15, 0.2) is 12.2 Å². The van der Waals surface area contributed by atoms with Crippen LogP contribution in [0.1, 0.15) is 58.3 Å². The molecule has 0 heterocycles. The lowest BCUT2D eigenvalue weighted by atomic mass is 9.85. The minimum atomic E-state index is -0.174. The van der Waals surface area contributed by atoms with Crippen molar-refractivity contribution in [1.29, 1.82) is 0 Å². The summed E-state index contributed by atoms with van der Waals surface area (Å²) in [6, 6.07) is 0. The Morgan fingerprint density at radius 3 is 2.64 bits per heavy atom. The van der Waals surface area contributed by atoms with Crippen LogP contribution in [0.25, 0.3) is 0 Å². The SMILES string of the molecule is CCCC/C=C/C(O)C1CCCCC1. The number of hydrogen-bond acceptors (Lipinski definition) is 1. The molecule has 0 amide bonds. The van der Waals surface area contributed by atoms with Crippen molar-refractivity contribution in [3.63, 3.8) is 0 Å². The molecule has 1 fully saturated rings. The highest BCUT2D eigenvalue weighted by molar-refractivity contribution is 4.92. The van der Waals surface area contributed by atoms with Crippen molar-refractivity contribution in [1.82, 2.24) is 0 Å². The van der Waals surface area contributed by atoms with Crippen LogP contribution in [0.5, 0.6) is 0 Å². The Bertz CT molecular complexity index is 157. The molecule has 1 heteroatoms. The Hall–Kier alpha value is -0.300. The first kappa shape index (κ1) is 11.8. The van der Waals surface area contributed by atoms with Crippen molar-refractivity contribution in [2.45, 2.75) is 64.4 Å². The number of unbranched alkanes of at least 4 members (excludes halogenated alkanes) is 2. The quantitative estimate of drug-likeness (QED) is 0.525. The van der Waals surface area contributed by atoms with E-state index in [9.17, 15) is 5.11 Å². The van der Waals surface area contributed by atoms with E-state index >= 15 is 0 Å². The lowest BCUT2D eigenvalue weighted by Gasteiger charge is -2.24. The number of allylic oxidation sites excluding steroid dienone is 1. The Labute approximate surface area is 88.2 Å². The molecule has 82 valence electrons. The van der Waals surface area contributed by atoms with Crippen molar-refractivity contribution < 1.29 is 5.11 Å². The topological polar surface area (TPSA) is 20.2 Å². The zero-order valence-corrected chi connectivity index (χ0v) is 9.41. The third-order valence-electron chi connectivity index (χ3n) is 3.19. The molecular formula is C13H24O. The molecule has 1 aliphatic carbocycles. The molecule has 14 heavy (non-hydrogen) atoms. The van der Waals surface area contributed by atoms with Crippen LogP contribution in [-0.4, -0.2) is 11.2 Å². The van der Waals surface area contributed by atoms with E-state index in [2.05, 4.69) is 13.0 Å². The summed E-state index contributed by atoms with van der Waals surface area (Å²) in [5, 5.41) is 9.89. The summed E-state index contributed by atoms with van der Waals surface area (Å²) in [4.78, 5) is 0. The summed E-state index contributed by atoms with van der Waals surface area (Å²) < 4.78 is 0. The van der Waals surface area contributed by atoms with Gasteiger partial charge in [0.1, 0.15) is 0 Å². The fraction of sp³-hybridized carbons (Fsp3) is 0.846. The number of rotatable bonds is 5. The van der Waals surface area contributed by atoms with E-state index < -0.39 is 0 Å². The van der Waals surface area contributed by atoms with E-state index in [-0.39, 0.29) is 6.10 Å². The zero-order chi connectivity index (χ0) is 10.2. The molecule has 1 nitrogen and oxygen atoms in total. The van der Waals surface area contributed by atoms with Crippen LogP contribution in [0.4, 0.5) is 0 Å². The van der Waals surface area contributed by atoms with Crippen LogP contribution in [-0.2, 0) is 0 Å². The molecule has 0 bridgehead atoms. The fourth-order valence-corrected chi connectivity index (χ4v) is 2.19. The van der Waals surface area contributed by atoms with Gasteiger partial charge in [0.05, 0.1) is 6.10 Å². The minimum absolute atomic E-state index is 0.174. The van der Waals surface area contributed by atoms with Crippen molar-refractivity contribution >= 4 is 0 Å². The molecule has 1 unspecified atom stereocenters. The summed E-state index contributed by atoms with van der Waals surface area (Å²) in [5.74, 6) is 0.543. The van der Waals surface area contributed by atoms with E-state index in [1.807, 2.05) is 6.08 Å². The molecule has 0 saturated heterocycles. The van der Waals surface area contributed by atoms with Crippen LogP contribution >= 0.6 is 0 Å². The minimum Gasteiger partial charge on any atom is -0.389 e. The number of hydrogen-bond donors (Lipinski definition) is 1. The maximum atomic E-state index is 9.89. The van der Waals surface area contributed by atoms with Gasteiger partial charge in [0.15, 0.2) is 0 Å². The largest absolute Gasteiger partial charge is 0.389 e. The second-order valence-corrected chi connectivity index (χ2v) is 4.46. The van der Waals surface area contributed by atoms with Crippen LogP contribution in [0.3, 0.4) is 0 Å². The predicted molar refractivity (Wildman–Crippen MR) is 61.2 cm³/mol. The molecule has 1 rings (SSSR count). The Kier molecular flexibility index (Phi) is 5.93. The van der Waals surface area contributed by atoms with Crippen LogP contribution in [0.2, 0.25) is 0 Å². The van der Waals surface area contributed by atoms with E-state index in [1.165, 1.54) is 44.9 Å². The molecule has 0 aromatic heterocycles. The highest BCUT2D eigenvalue weighted by atomic mass is 16.3. The molecule has 0 aromatic carbocycles. The average molecular weight is 196 g/mol. The van der Waals surface area contributed by atoms with E-state index in [4.69, 9.17) is 0 Å². The highest BCUT2D eigenvalue weighted by Gasteiger charge is 2.18. The lowest BCUT2D eigenvalue weighted by molar-refractivity contribution is 0.125. The van der Waals surface area contributed by atoms with Gasteiger partial charge in [0.2, 0.25) is 0 Å². The summed E-state index contributed by atoms with van der Waals surface area (Å²) in [6.07, 6.45) is 14.0. The van der Waals surface area contributed by atoms with Crippen molar-refractivity contribution in [3.8, 4) is 0 Å². The molecule has 1 N–H and O–H groups in total. The molecule has 0 radical (unpaired) electrons. The Morgan fingerprint density at radius 2 is 2.00 bits per heavy atom. The van der Waals surface area contributed by atoms with E-state index in [0.29, 0.717) is 5.92 Å². The van der Waals surface area contributed by atoms with Gasteiger partial charge in [0, 0.05) is 0 Å².